The van der Waals surface area contributed by atoms with E-state index >= 15 is 0 Å². The van der Waals surface area contributed by atoms with Gasteiger partial charge in [-0.25, -0.2) is 4.98 Å². The van der Waals surface area contributed by atoms with Crippen LogP contribution < -0.4 is 15.1 Å². The molecule has 1 amide bonds. The van der Waals surface area contributed by atoms with Gasteiger partial charge < -0.3 is 9.15 Å². The number of hydrogen-bond acceptors (Lipinski definition) is 5. The number of carbonyl (C=O) groups excluding carboxylic acids is 1. The second-order valence-corrected chi connectivity index (χ2v) is 8.38. The monoisotopic (exact) mass is 440 g/mol. The lowest BCUT2D eigenvalue weighted by atomic mass is 9.97. The molecule has 166 valence electrons. The van der Waals surface area contributed by atoms with Gasteiger partial charge in [0, 0.05) is 6.20 Å². The fourth-order valence-electron chi connectivity index (χ4n) is 4.32. The van der Waals surface area contributed by atoms with E-state index in [1.165, 1.54) is 0 Å². The van der Waals surface area contributed by atoms with Gasteiger partial charge in [-0.05, 0) is 80.3 Å². The Morgan fingerprint density at radius 2 is 1.82 bits per heavy atom. The molecule has 0 fully saturated rings. The van der Waals surface area contributed by atoms with Crippen LogP contribution in [0.25, 0.3) is 11.0 Å². The fourth-order valence-corrected chi connectivity index (χ4v) is 4.32. The van der Waals surface area contributed by atoms with Crippen LogP contribution in [-0.2, 0) is 0 Å². The molecule has 0 aliphatic carbocycles. The summed E-state index contributed by atoms with van der Waals surface area (Å²) in [4.78, 5) is 33.4. The van der Waals surface area contributed by atoms with Gasteiger partial charge in [-0.15, -0.1) is 0 Å². The van der Waals surface area contributed by atoms with E-state index in [1.54, 1.807) is 17.2 Å². The third kappa shape index (κ3) is 3.39. The van der Waals surface area contributed by atoms with Gasteiger partial charge in [0.25, 0.3) is 5.91 Å². The lowest BCUT2D eigenvalue weighted by molar-refractivity contribution is 0.0970. The highest BCUT2D eigenvalue weighted by molar-refractivity contribution is 6.10. The van der Waals surface area contributed by atoms with Gasteiger partial charge in [0.05, 0.1) is 23.6 Å². The molecule has 1 aliphatic heterocycles. The molecule has 5 rings (SSSR count). The second kappa shape index (κ2) is 7.89. The highest BCUT2D eigenvalue weighted by atomic mass is 16.5. The number of fused-ring (bicyclic) bond motifs is 2. The average Bonchev–Trinajstić information content (AvgIpc) is 3.09. The van der Waals surface area contributed by atoms with Crippen LogP contribution in [0, 0.1) is 20.8 Å². The number of benzene rings is 2. The predicted octanol–water partition coefficient (Wildman–Crippen LogP) is 5.26. The van der Waals surface area contributed by atoms with Gasteiger partial charge in [0.1, 0.15) is 17.2 Å². The average molecular weight is 440 g/mol. The highest BCUT2D eigenvalue weighted by Crippen LogP contribution is 2.41. The molecule has 0 N–H and O–H groups in total. The van der Waals surface area contributed by atoms with E-state index in [-0.39, 0.29) is 17.1 Å². The molecule has 1 atom stereocenters. The first kappa shape index (κ1) is 20.9. The molecule has 0 bridgehead atoms. The molecule has 1 aliphatic rings. The normalized spacial score (nSPS) is 15.2. The molecule has 1 unspecified atom stereocenters. The van der Waals surface area contributed by atoms with E-state index in [0.29, 0.717) is 34.7 Å². The Bertz CT molecular complexity index is 1450. The van der Waals surface area contributed by atoms with Crippen LogP contribution in [0.4, 0.5) is 5.82 Å². The molecule has 4 aromatic rings. The smallest absolute Gasteiger partial charge is 0.296 e. The molecule has 2 aromatic carbocycles. The number of hydrogen-bond donors (Lipinski definition) is 0. The topological polar surface area (TPSA) is 72.6 Å². The summed E-state index contributed by atoms with van der Waals surface area (Å²) in [5.74, 6) is 0.805. The first-order valence-electron chi connectivity index (χ1n) is 11.0. The van der Waals surface area contributed by atoms with Crippen molar-refractivity contribution in [2.45, 2.75) is 33.7 Å². The van der Waals surface area contributed by atoms with Crippen molar-refractivity contribution in [2.24, 2.45) is 0 Å². The molecule has 0 saturated carbocycles. The van der Waals surface area contributed by atoms with Crippen molar-refractivity contribution in [3.05, 3.63) is 98.5 Å². The lowest BCUT2D eigenvalue weighted by Crippen LogP contribution is -2.30. The third-order valence-electron chi connectivity index (χ3n) is 6.11. The molecule has 0 spiro atoms. The van der Waals surface area contributed by atoms with Crippen molar-refractivity contribution < 1.29 is 13.9 Å². The van der Waals surface area contributed by atoms with Crippen LogP contribution in [0.1, 0.15) is 51.3 Å². The van der Waals surface area contributed by atoms with Crippen LogP contribution in [-0.4, -0.2) is 17.5 Å². The number of aryl methyl sites for hydroxylation is 3. The largest absolute Gasteiger partial charge is 0.494 e. The van der Waals surface area contributed by atoms with Crippen molar-refractivity contribution in [2.75, 3.05) is 11.5 Å². The predicted molar refractivity (Wildman–Crippen MR) is 127 cm³/mol. The number of rotatable bonds is 4. The number of pyridine rings is 1. The zero-order valence-electron chi connectivity index (χ0n) is 19.0. The summed E-state index contributed by atoms with van der Waals surface area (Å²) in [5, 5.41) is 0.467. The quantitative estimate of drug-likeness (QED) is 0.433. The highest BCUT2D eigenvalue weighted by Gasteiger charge is 2.44. The zero-order chi connectivity index (χ0) is 23.3. The maximum atomic E-state index is 13.8. The molecule has 2 aromatic heterocycles. The molecule has 0 saturated heterocycles. The minimum atomic E-state index is -0.676. The molecule has 3 heterocycles. The van der Waals surface area contributed by atoms with Gasteiger partial charge in [0.2, 0.25) is 5.76 Å². The minimum Gasteiger partial charge on any atom is -0.494 e. The molecular weight excluding hydrogens is 416 g/mol. The fraction of sp³-hybridized carbons (Fsp3) is 0.222. The number of anilines is 1. The van der Waals surface area contributed by atoms with Crippen LogP contribution in [0.2, 0.25) is 0 Å². The first-order chi connectivity index (χ1) is 15.9. The third-order valence-corrected chi connectivity index (χ3v) is 6.11. The summed E-state index contributed by atoms with van der Waals surface area (Å²) in [7, 11) is 0. The molecular formula is C27H24N2O4. The van der Waals surface area contributed by atoms with Gasteiger partial charge in [-0.3, -0.25) is 14.5 Å². The Hall–Kier alpha value is -3.93. The van der Waals surface area contributed by atoms with Crippen molar-refractivity contribution in [3.63, 3.8) is 0 Å². The Morgan fingerprint density at radius 3 is 2.55 bits per heavy atom. The van der Waals surface area contributed by atoms with Crippen molar-refractivity contribution in [3.8, 4) is 5.75 Å². The summed E-state index contributed by atoms with van der Waals surface area (Å²) < 4.78 is 11.8. The maximum Gasteiger partial charge on any atom is 0.296 e. The molecule has 0 radical (unpaired) electrons. The van der Waals surface area contributed by atoms with E-state index in [4.69, 9.17) is 9.15 Å². The van der Waals surface area contributed by atoms with Crippen LogP contribution in [0.15, 0.2) is 63.9 Å². The summed E-state index contributed by atoms with van der Waals surface area (Å²) in [5.41, 5.74) is 4.25. The molecule has 33 heavy (non-hydrogen) atoms. The van der Waals surface area contributed by atoms with Crippen LogP contribution >= 0.6 is 0 Å². The van der Waals surface area contributed by atoms with Crippen molar-refractivity contribution in [1.29, 1.82) is 0 Å². The second-order valence-electron chi connectivity index (χ2n) is 8.38. The number of nitrogens with zero attached hydrogens (tertiary/aromatic N) is 2. The number of aromatic nitrogens is 1. The number of carbonyl (C=O) groups is 1. The van der Waals surface area contributed by atoms with Crippen LogP contribution in [0.5, 0.6) is 5.75 Å². The van der Waals surface area contributed by atoms with E-state index < -0.39 is 6.04 Å². The van der Waals surface area contributed by atoms with Crippen molar-refractivity contribution >= 4 is 22.7 Å². The van der Waals surface area contributed by atoms with Gasteiger partial charge in [-0.1, -0.05) is 18.2 Å². The summed E-state index contributed by atoms with van der Waals surface area (Å²) in [6.07, 6.45) is 1.71. The number of amides is 1. The SMILES string of the molecule is CCOc1cccc(C2c3c(oc4cc(C)c(C)cc4c3=O)C(=O)N2c2ccc(C)cn2)c1. The summed E-state index contributed by atoms with van der Waals surface area (Å²) in [6, 6.07) is 14.1. The van der Waals surface area contributed by atoms with Gasteiger partial charge >= 0.3 is 0 Å². The summed E-state index contributed by atoms with van der Waals surface area (Å²) >= 11 is 0. The van der Waals surface area contributed by atoms with Crippen LogP contribution in [0.3, 0.4) is 0 Å². The minimum absolute atomic E-state index is 0.0601. The molecule has 6 heteroatoms. The maximum absolute atomic E-state index is 13.8. The Balaban J connectivity index is 1.80. The van der Waals surface area contributed by atoms with E-state index in [2.05, 4.69) is 4.98 Å². The van der Waals surface area contributed by atoms with Gasteiger partial charge in [-0.2, -0.15) is 0 Å². The zero-order valence-corrected chi connectivity index (χ0v) is 19.0. The van der Waals surface area contributed by atoms with E-state index in [9.17, 15) is 9.59 Å². The number of ether oxygens (including phenoxy) is 1. The Kier molecular flexibility index (Phi) is 5.01. The first-order valence-corrected chi connectivity index (χ1v) is 11.0. The van der Waals surface area contributed by atoms with Gasteiger partial charge in [0.15, 0.2) is 5.43 Å². The van der Waals surface area contributed by atoms with E-state index in [1.807, 2.05) is 70.2 Å². The van der Waals surface area contributed by atoms with E-state index in [0.717, 1.165) is 22.3 Å². The Morgan fingerprint density at radius 1 is 1.03 bits per heavy atom. The summed E-state index contributed by atoms with van der Waals surface area (Å²) in [6.45, 7) is 8.27. The Labute approximate surface area is 191 Å². The van der Waals surface area contributed by atoms with Crippen molar-refractivity contribution in [1.82, 2.24) is 4.98 Å². The standard InChI is InChI=1S/C27H24N2O4/c1-5-32-19-8-6-7-18(13-19)24-23-25(30)20-11-16(3)17(4)12-21(20)33-26(23)27(31)29(24)22-10-9-15(2)14-28-22/h6-14,24H,5H2,1-4H3. The lowest BCUT2D eigenvalue weighted by Gasteiger charge is -2.24. The molecule has 6 nitrogen and oxygen atoms in total.